The summed E-state index contributed by atoms with van der Waals surface area (Å²) in [6, 6.07) is 7.49. The van der Waals surface area contributed by atoms with Crippen LogP contribution in [-0.2, 0) is 6.54 Å². The van der Waals surface area contributed by atoms with Gasteiger partial charge < -0.3 is 15.8 Å². The summed E-state index contributed by atoms with van der Waals surface area (Å²) in [6.45, 7) is 4.24. The summed E-state index contributed by atoms with van der Waals surface area (Å²) in [5, 5.41) is 12.3. The number of hydrogen-bond acceptors (Lipinski definition) is 8. The van der Waals surface area contributed by atoms with E-state index in [1.165, 1.54) is 49.8 Å². The smallest absolute Gasteiger partial charge is 0.261 e. The standard InChI is InChI=1S/C26H27F2N7O2/c1-4-10-35-25(34-19-12-15(27)7-8-16(19)26(35)36)18(5-2)33-24-21(23(30)31-13-32-24)22(29)14-6-9-20(37-3)17(28)11-14/h6-9,11-13,18,29H,4-5,10H2,1-3H3,(H3,30,31,32,33). The fourth-order valence-electron chi connectivity index (χ4n) is 4.15. The molecule has 11 heteroatoms. The van der Waals surface area contributed by atoms with Crippen molar-refractivity contribution < 1.29 is 13.5 Å². The summed E-state index contributed by atoms with van der Waals surface area (Å²) in [7, 11) is 1.35. The number of nitrogens with two attached hydrogens (primary N) is 1. The van der Waals surface area contributed by atoms with Gasteiger partial charge in [-0.25, -0.2) is 23.7 Å². The Kier molecular flexibility index (Phi) is 7.42. The van der Waals surface area contributed by atoms with Gasteiger partial charge in [-0.2, -0.15) is 0 Å². The Morgan fingerprint density at radius 2 is 1.97 bits per heavy atom. The van der Waals surface area contributed by atoms with Crippen LogP contribution in [0.15, 0.2) is 47.5 Å². The monoisotopic (exact) mass is 507 g/mol. The number of ether oxygens (including phenoxy) is 1. The highest BCUT2D eigenvalue weighted by atomic mass is 19.1. The molecule has 4 aromatic rings. The molecule has 4 N–H and O–H groups in total. The summed E-state index contributed by atoms with van der Waals surface area (Å²) in [6.07, 6.45) is 2.40. The van der Waals surface area contributed by atoms with Crippen LogP contribution in [0.4, 0.5) is 20.4 Å². The van der Waals surface area contributed by atoms with E-state index in [-0.39, 0.29) is 45.3 Å². The van der Waals surface area contributed by atoms with Crippen molar-refractivity contribution in [3.8, 4) is 5.75 Å². The fourth-order valence-corrected chi connectivity index (χ4v) is 4.15. The molecule has 1 atom stereocenters. The van der Waals surface area contributed by atoms with Crippen molar-refractivity contribution in [3.63, 3.8) is 0 Å². The quantitative estimate of drug-likeness (QED) is 0.285. The number of benzene rings is 2. The molecule has 0 spiro atoms. The molecule has 1 unspecified atom stereocenters. The number of nitrogens with one attached hydrogen (secondary N) is 2. The molecule has 0 fully saturated rings. The van der Waals surface area contributed by atoms with Crippen LogP contribution in [0, 0.1) is 17.0 Å². The molecule has 0 aliphatic heterocycles. The third kappa shape index (κ3) is 4.97. The molecule has 0 radical (unpaired) electrons. The van der Waals surface area contributed by atoms with Gasteiger partial charge in [0.25, 0.3) is 5.56 Å². The number of aromatic nitrogens is 4. The number of methoxy groups -OCH3 is 1. The van der Waals surface area contributed by atoms with Gasteiger partial charge in [0.15, 0.2) is 11.6 Å². The van der Waals surface area contributed by atoms with Crippen molar-refractivity contribution >= 4 is 28.3 Å². The molecule has 9 nitrogen and oxygen atoms in total. The number of nitrogen functional groups attached to an aromatic ring is 1. The average molecular weight is 508 g/mol. The maximum absolute atomic E-state index is 14.4. The van der Waals surface area contributed by atoms with Crippen LogP contribution in [0.25, 0.3) is 10.9 Å². The van der Waals surface area contributed by atoms with Crippen LogP contribution in [0.1, 0.15) is 49.7 Å². The summed E-state index contributed by atoms with van der Waals surface area (Å²) >= 11 is 0. The van der Waals surface area contributed by atoms with Gasteiger partial charge in [0.05, 0.1) is 35.3 Å². The highest BCUT2D eigenvalue weighted by Crippen LogP contribution is 2.28. The van der Waals surface area contributed by atoms with E-state index in [0.29, 0.717) is 30.6 Å². The van der Waals surface area contributed by atoms with Crippen molar-refractivity contribution in [2.45, 2.75) is 39.3 Å². The summed E-state index contributed by atoms with van der Waals surface area (Å²) < 4.78 is 34.8. The third-order valence-electron chi connectivity index (χ3n) is 5.99. The third-order valence-corrected chi connectivity index (χ3v) is 5.99. The summed E-state index contributed by atoms with van der Waals surface area (Å²) in [5.74, 6) is -0.434. The van der Waals surface area contributed by atoms with Crippen LogP contribution in [0.5, 0.6) is 5.75 Å². The lowest BCUT2D eigenvalue weighted by molar-refractivity contribution is 0.386. The molecule has 0 aliphatic carbocycles. The van der Waals surface area contributed by atoms with Gasteiger partial charge in [-0.3, -0.25) is 14.8 Å². The second kappa shape index (κ2) is 10.7. The molecule has 37 heavy (non-hydrogen) atoms. The van der Waals surface area contributed by atoms with E-state index in [4.69, 9.17) is 15.9 Å². The molecule has 2 heterocycles. The Hall–Kier alpha value is -4.41. The number of fused-ring (bicyclic) bond motifs is 1. The second-order valence-corrected chi connectivity index (χ2v) is 8.40. The molecule has 0 saturated carbocycles. The van der Waals surface area contributed by atoms with E-state index in [0.717, 1.165) is 0 Å². The van der Waals surface area contributed by atoms with Gasteiger partial charge in [0.2, 0.25) is 0 Å². The second-order valence-electron chi connectivity index (χ2n) is 8.40. The van der Waals surface area contributed by atoms with Crippen LogP contribution in [0.2, 0.25) is 0 Å². The zero-order valence-corrected chi connectivity index (χ0v) is 20.7. The van der Waals surface area contributed by atoms with Gasteiger partial charge in [0, 0.05) is 18.2 Å². The van der Waals surface area contributed by atoms with Crippen molar-refractivity contribution in [3.05, 3.63) is 81.7 Å². The maximum Gasteiger partial charge on any atom is 0.261 e. The largest absolute Gasteiger partial charge is 0.494 e. The van der Waals surface area contributed by atoms with E-state index in [2.05, 4.69) is 20.3 Å². The molecular weight excluding hydrogens is 480 g/mol. The maximum atomic E-state index is 14.4. The van der Waals surface area contributed by atoms with Gasteiger partial charge in [0.1, 0.15) is 29.6 Å². The molecule has 0 bridgehead atoms. The Morgan fingerprint density at radius 1 is 1.19 bits per heavy atom. The minimum absolute atomic E-state index is 0.0214. The van der Waals surface area contributed by atoms with E-state index < -0.39 is 17.7 Å². The predicted octanol–water partition coefficient (Wildman–Crippen LogP) is 4.44. The van der Waals surface area contributed by atoms with E-state index >= 15 is 0 Å². The SMILES string of the molecule is CCCn1c(C(CC)Nc2ncnc(N)c2C(=N)c2ccc(OC)c(F)c2)nc2cc(F)ccc2c1=O. The lowest BCUT2D eigenvalue weighted by Crippen LogP contribution is -2.30. The highest BCUT2D eigenvalue weighted by molar-refractivity contribution is 6.16. The first-order valence-electron chi connectivity index (χ1n) is 11.8. The van der Waals surface area contributed by atoms with Crippen molar-refractivity contribution in [2.24, 2.45) is 0 Å². The Bertz CT molecular complexity index is 1540. The van der Waals surface area contributed by atoms with E-state index in [1.807, 2.05) is 13.8 Å². The van der Waals surface area contributed by atoms with Gasteiger partial charge >= 0.3 is 0 Å². The highest BCUT2D eigenvalue weighted by Gasteiger charge is 2.23. The zero-order chi connectivity index (χ0) is 26.7. The van der Waals surface area contributed by atoms with Gasteiger partial charge in [-0.05, 0) is 43.2 Å². The summed E-state index contributed by atoms with van der Waals surface area (Å²) in [5.41, 5.74) is 6.43. The minimum atomic E-state index is -0.628. The number of hydrogen-bond donors (Lipinski definition) is 3. The first-order chi connectivity index (χ1) is 17.8. The molecule has 0 saturated heterocycles. The zero-order valence-electron chi connectivity index (χ0n) is 20.7. The Labute approximate surface area is 211 Å². The van der Waals surface area contributed by atoms with Crippen LogP contribution in [-0.4, -0.2) is 32.3 Å². The van der Waals surface area contributed by atoms with Crippen molar-refractivity contribution in [1.82, 2.24) is 19.5 Å². The molecule has 0 aliphatic rings. The minimum Gasteiger partial charge on any atom is -0.494 e. The number of anilines is 2. The van der Waals surface area contributed by atoms with Crippen molar-refractivity contribution in [1.29, 1.82) is 5.41 Å². The van der Waals surface area contributed by atoms with Crippen LogP contribution < -0.4 is 21.3 Å². The topological polar surface area (TPSA) is 132 Å². The van der Waals surface area contributed by atoms with Crippen LogP contribution in [0.3, 0.4) is 0 Å². The number of nitrogens with zero attached hydrogens (tertiary/aromatic N) is 4. The average Bonchev–Trinajstić information content (AvgIpc) is 2.88. The molecule has 2 aromatic carbocycles. The van der Waals surface area contributed by atoms with E-state index in [9.17, 15) is 13.6 Å². The number of rotatable bonds is 9. The fraction of sp³-hybridized carbons (Fsp3) is 0.269. The molecule has 192 valence electrons. The normalized spacial score (nSPS) is 11.9. The van der Waals surface area contributed by atoms with Gasteiger partial charge in [-0.15, -0.1) is 0 Å². The Morgan fingerprint density at radius 3 is 2.65 bits per heavy atom. The van der Waals surface area contributed by atoms with Crippen molar-refractivity contribution in [2.75, 3.05) is 18.2 Å². The first kappa shape index (κ1) is 25.7. The van der Waals surface area contributed by atoms with Gasteiger partial charge in [-0.1, -0.05) is 13.8 Å². The number of halogens is 2. The van der Waals surface area contributed by atoms with E-state index in [1.54, 1.807) is 4.57 Å². The molecule has 2 aromatic heterocycles. The molecule has 0 amide bonds. The molecule has 4 rings (SSSR count). The van der Waals surface area contributed by atoms with Crippen LogP contribution >= 0.6 is 0 Å². The summed E-state index contributed by atoms with van der Waals surface area (Å²) in [4.78, 5) is 26.2. The molecular formula is C26H27F2N7O2. The lowest BCUT2D eigenvalue weighted by Gasteiger charge is -2.23. The first-order valence-corrected chi connectivity index (χ1v) is 11.8. The Balaban J connectivity index is 1.81. The predicted molar refractivity (Wildman–Crippen MR) is 138 cm³/mol. The lowest BCUT2D eigenvalue weighted by atomic mass is 10.0.